The van der Waals surface area contributed by atoms with Crippen LogP contribution in [-0.4, -0.2) is 6.61 Å². The van der Waals surface area contributed by atoms with Gasteiger partial charge in [0.25, 0.3) is 0 Å². The molecular weight excluding hydrogens is 231 g/mol. The van der Waals surface area contributed by atoms with Crippen LogP contribution < -0.4 is 9.79 Å². The highest BCUT2D eigenvalue weighted by Gasteiger charge is 1.92. The molecule has 0 unspecified atom stereocenters. The van der Waals surface area contributed by atoms with Crippen LogP contribution in [0.3, 0.4) is 0 Å². The number of hydrogen-bond acceptors (Lipinski definition) is 4. The topological polar surface area (TPSA) is 55.3 Å². The van der Waals surface area contributed by atoms with Gasteiger partial charge in [-0.15, -0.1) is 11.8 Å². The molecule has 0 aromatic heterocycles. The lowest BCUT2D eigenvalue weighted by molar-refractivity contribution is -0.321. The molecule has 0 aromatic rings. The van der Waals surface area contributed by atoms with Crippen molar-refractivity contribution >= 4 is 18.5 Å². The van der Waals surface area contributed by atoms with Crippen LogP contribution >= 0.6 is 6.72 Å². The second kappa shape index (κ2) is 9.73. The maximum atomic E-state index is 10.5. The molecule has 0 fully saturated rings. The highest BCUT2D eigenvalue weighted by Crippen LogP contribution is 2.25. The van der Waals surface area contributed by atoms with E-state index in [-0.39, 0.29) is 6.61 Å². The number of rotatable bonds is 10. The van der Waals surface area contributed by atoms with Crippen LogP contribution in [0.15, 0.2) is 0 Å². The average Bonchev–Trinajstić information content (AvgIpc) is 2.14. The van der Waals surface area contributed by atoms with Crippen molar-refractivity contribution in [2.45, 2.75) is 58.3 Å². The zero-order valence-electron chi connectivity index (χ0n) is 9.44. The first-order chi connectivity index (χ1) is 7.06. The predicted octanol–water partition coefficient (Wildman–Crippen LogP) is 2.09. The molecule has 15 heavy (non-hydrogen) atoms. The molecule has 5 heteroatoms. The van der Waals surface area contributed by atoms with Crippen LogP contribution in [0.4, 0.5) is 0 Å². The second-order valence-electron chi connectivity index (χ2n) is 3.76. The van der Waals surface area contributed by atoms with Crippen LogP contribution in [0, 0.1) is 0 Å². The molecular formula is C10H21O3PS-2. The summed E-state index contributed by atoms with van der Waals surface area (Å²) in [6, 6.07) is 0. The monoisotopic (exact) mass is 252 g/mol. The molecule has 0 aliphatic rings. The fraction of sp³-hybridized carbons (Fsp3) is 1.00. The molecule has 0 aliphatic heterocycles. The van der Waals surface area contributed by atoms with Crippen molar-refractivity contribution in [2.24, 2.45) is 0 Å². The van der Waals surface area contributed by atoms with E-state index in [0.717, 1.165) is 19.3 Å². The lowest BCUT2D eigenvalue weighted by Gasteiger charge is -2.34. The van der Waals surface area contributed by atoms with E-state index in [2.05, 4.69) is 23.3 Å². The van der Waals surface area contributed by atoms with Crippen LogP contribution in [-0.2, 0) is 16.3 Å². The van der Waals surface area contributed by atoms with Crippen LogP contribution in [0.1, 0.15) is 58.3 Å². The molecule has 0 N–H and O–H groups in total. The van der Waals surface area contributed by atoms with Gasteiger partial charge in [0, 0.05) is 6.61 Å². The van der Waals surface area contributed by atoms with Crippen molar-refractivity contribution in [3.63, 3.8) is 0 Å². The van der Waals surface area contributed by atoms with E-state index in [4.69, 9.17) is 0 Å². The molecule has 0 amide bonds. The van der Waals surface area contributed by atoms with Gasteiger partial charge in [-0.05, 0) is 6.42 Å². The van der Waals surface area contributed by atoms with Crippen molar-refractivity contribution in [1.29, 1.82) is 0 Å². The molecule has 0 atom stereocenters. The first-order valence-corrected chi connectivity index (χ1v) is 8.28. The molecule has 0 aliphatic carbocycles. The maximum Gasteiger partial charge on any atom is 0.0486 e. The van der Waals surface area contributed by atoms with E-state index >= 15 is 0 Å². The summed E-state index contributed by atoms with van der Waals surface area (Å²) in [5.74, 6) is 0. The second-order valence-corrected chi connectivity index (χ2v) is 6.25. The fourth-order valence-electron chi connectivity index (χ4n) is 1.41. The van der Waals surface area contributed by atoms with Gasteiger partial charge in [-0.2, -0.15) is 0 Å². The van der Waals surface area contributed by atoms with Crippen molar-refractivity contribution in [1.82, 2.24) is 0 Å². The molecule has 0 heterocycles. The highest BCUT2D eigenvalue weighted by molar-refractivity contribution is 8.05. The smallest absolute Gasteiger partial charge is 0.0486 e. The third-order valence-electron chi connectivity index (χ3n) is 2.25. The van der Waals surface area contributed by atoms with Crippen molar-refractivity contribution < 1.29 is 14.3 Å². The molecule has 0 radical (unpaired) electrons. The fourth-order valence-corrected chi connectivity index (χ4v) is 1.99. The summed E-state index contributed by atoms with van der Waals surface area (Å²) in [5, 5.41) is 0. The van der Waals surface area contributed by atoms with Gasteiger partial charge < -0.3 is 14.3 Å². The summed E-state index contributed by atoms with van der Waals surface area (Å²) < 4.78 is 4.49. The minimum absolute atomic E-state index is 0.249. The molecule has 0 saturated carbocycles. The first kappa shape index (κ1) is 15.5. The third-order valence-corrected chi connectivity index (χ3v) is 3.06. The molecule has 0 saturated heterocycles. The minimum atomic E-state index is -3.90. The summed E-state index contributed by atoms with van der Waals surface area (Å²) in [5.41, 5.74) is 0. The zero-order chi connectivity index (χ0) is 11.6. The zero-order valence-corrected chi connectivity index (χ0v) is 11.2. The summed E-state index contributed by atoms with van der Waals surface area (Å²) in [6.45, 7) is -1.45. The molecule has 3 nitrogen and oxygen atoms in total. The predicted molar refractivity (Wildman–Crippen MR) is 62.8 cm³/mol. The van der Waals surface area contributed by atoms with Gasteiger partial charge >= 0.3 is 0 Å². The SMILES string of the molecule is CCCCCCCCCCOP([O-])([O-])=S. The van der Waals surface area contributed by atoms with Gasteiger partial charge in [-0.1, -0.05) is 58.6 Å². The van der Waals surface area contributed by atoms with Crippen LogP contribution in [0.2, 0.25) is 0 Å². The number of hydrogen-bond donors (Lipinski definition) is 0. The Morgan fingerprint density at radius 3 is 1.87 bits per heavy atom. The van der Waals surface area contributed by atoms with E-state index in [1.807, 2.05) is 0 Å². The van der Waals surface area contributed by atoms with Crippen LogP contribution in [0.5, 0.6) is 0 Å². The van der Waals surface area contributed by atoms with Gasteiger partial charge in [-0.3, -0.25) is 0 Å². The van der Waals surface area contributed by atoms with Crippen molar-refractivity contribution in [2.75, 3.05) is 6.61 Å². The van der Waals surface area contributed by atoms with E-state index in [1.54, 1.807) is 0 Å². The minimum Gasteiger partial charge on any atom is -0.812 e. The van der Waals surface area contributed by atoms with Gasteiger partial charge in [0.1, 0.15) is 0 Å². The lowest BCUT2D eigenvalue weighted by atomic mass is 10.1. The normalized spacial score (nSPS) is 11.9. The summed E-state index contributed by atoms with van der Waals surface area (Å²) in [4.78, 5) is 20.9. The Hall–Kier alpha value is 0.530. The standard InChI is InChI=1S/C10H23O3PS/c1-2-3-4-5-6-7-8-9-10-13-14(11,12)15/h2-10H2,1H3,(H2,11,12,15)/p-2. The molecule has 0 spiro atoms. The first-order valence-electron chi connectivity index (χ1n) is 5.73. The Labute approximate surface area is 98.1 Å². The van der Waals surface area contributed by atoms with Gasteiger partial charge in [0.15, 0.2) is 0 Å². The highest BCUT2D eigenvalue weighted by atomic mass is 32.5. The van der Waals surface area contributed by atoms with E-state index in [1.165, 1.54) is 32.1 Å². The van der Waals surface area contributed by atoms with E-state index in [0.29, 0.717) is 0 Å². The van der Waals surface area contributed by atoms with Gasteiger partial charge in [-0.25, -0.2) is 0 Å². The Balaban J connectivity index is 3.02. The largest absolute Gasteiger partial charge is 0.812 e. The summed E-state index contributed by atoms with van der Waals surface area (Å²) in [7, 11) is 0. The van der Waals surface area contributed by atoms with E-state index in [9.17, 15) is 9.79 Å². The van der Waals surface area contributed by atoms with Crippen molar-refractivity contribution in [3.8, 4) is 0 Å². The Bertz CT molecular complexity index is 182. The van der Waals surface area contributed by atoms with Crippen molar-refractivity contribution in [3.05, 3.63) is 0 Å². The Kier molecular flexibility index (Phi) is 10.1. The summed E-state index contributed by atoms with van der Waals surface area (Å²) in [6.07, 6.45) is 9.41. The molecule has 0 bridgehead atoms. The lowest BCUT2D eigenvalue weighted by Crippen LogP contribution is -2.16. The van der Waals surface area contributed by atoms with Gasteiger partial charge in [0.2, 0.25) is 0 Å². The quantitative estimate of drug-likeness (QED) is 0.441. The molecule has 92 valence electrons. The third kappa shape index (κ3) is 14.5. The Morgan fingerprint density at radius 1 is 0.933 bits per heavy atom. The maximum absolute atomic E-state index is 10.5. The number of unbranched alkanes of at least 4 members (excludes halogenated alkanes) is 7. The van der Waals surface area contributed by atoms with E-state index < -0.39 is 6.72 Å². The molecule has 0 aromatic carbocycles. The molecule has 0 rings (SSSR count). The average molecular weight is 252 g/mol. The summed E-state index contributed by atoms with van der Waals surface area (Å²) >= 11 is 4.11. The van der Waals surface area contributed by atoms with Crippen LogP contribution in [0.25, 0.3) is 0 Å². The Morgan fingerprint density at radius 2 is 1.40 bits per heavy atom. The van der Waals surface area contributed by atoms with Gasteiger partial charge in [0.05, 0.1) is 0 Å².